The van der Waals surface area contributed by atoms with Gasteiger partial charge in [-0.2, -0.15) is 0 Å². The second-order valence-corrected chi connectivity index (χ2v) is 7.88. The Labute approximate surface area is 164 Å². The number of hydrogen-bond acceptors (Lipinski definition) is 3. The van der Waals surface area contributed by atoms with Gasteiger partial charge in [-0.3, -0.25) is 15.1 Å². The highest BCUT2D eigenvalue weighted by molar-refractivity contribution is 14.1. The number of nitrogens with zero attached hydrogens (tertiary/aromatic N) is 2. The summed E-state index contributed by atoms with van der Waals surface area (Å²) in [5, 5.41) is 11.1. The van der Waals surface area contributed by atoms with Gasteiger partial charge in [0.1, 0.15) is 0 Å². The van der Waals surface area contributed by atoms with Gasteiger partial charge in [-0.25, -0.2) is 4.79 Å². The standard InChI is InChI=1S/C15H12FI2N3O3/c16-21(12-6-4-10(17)5-7-12)13(22)15(18,20-14(23)24)9-11-3-1-2-8-19-11/h1-8,20H,9H2,(H,23,24). The molecule has 0 saturated carbocycles. The first-order chi connectivity index (χ1) is 11.3. The Morgan fingerprint density at radius 1 is 1.25 bits per heavy atom. The molecule has 2 rings (SSSR count). The molecule has 0 fully saturated rings. The summed E-state index contributed by atoms with van der Waals surface area (Å²) in [5.41, 5.74) is 0.486. The lowest BCUT2D eigenvalue weighted by molar-refractivity contribution is -0.123. The van der Waals surface area contributed by atoms with Gasteiger partial charge in [-0.1, -0.05) is 10.5 Å². The van der Waals surface area contributed by atoms with Gasteiger partial charge in [0, 0.05) is 21.9 Å². The summed E-state index contributed by atoms with van der Waals surface area (Å²) in [6.45, 7) is 0. The lowest BCUT2D eigenvalue weighted by Gasteiger charge is -2.28. The second-order valence-electron chi connectivity index (χ2n) is 4.79. The molecule has 126 valence electrons. The highest BCUT2D eigenvalue weighted by Gasteiger charge is 2.42. The molecule has 0 aliphatic rings. The van der Waals surface area contributed by atoms with Crippen LogP contribution in [0.2, 0.25) is 0 Å². The van der Waals surface area contributed by atoms with Crippen molar-refractivity contribution in [3.8, 4) is 0 Å². The third-order valence-electron chi connectivity index (χ3n) is 3.03. The van der Waals surface area contributed by atoms with Crippen molar-refractivity contribution < 1.29 is 19.2 Å². The number of rotatable bonds is 5. The predicted molar refractivity (Wildman–Crippen MR) is 104 cm³/mol. The number of alkyl halides is 1. The van der Waals surface area contributed by atoms with E-state index in [-0.39, 0.29) is 17.2 Å². The van der Waals surface area contributed by atoms with Crippen LogP contribution in [0.3, 0.4) is 0 Å². The molecule has 2 aromatic rings. The Morgan fingerprint density at radius 2 is 1.92 bits per heavy atom. The molecular weight excluding hydrogens is 543 g/mol. The lowest BCUT2D eigenvalue weighted by Crippen LogP contribution is -2.55. The van der Waals surface area contributed by atoms with Gasteiger partial charge >= 0.3 is 6.09 Å². The monoisotopic (exact) mass is 555 g/mol. The molecule has 1 aromatic heterocycles. The van der Waals surface area contributed by atoms with Crippen molar-refractivity contribution in [2.45, 2.75) is 9.97 Å². The van der Waals surface area contributed by atoms with Crippen LogP contribution in [0.1, 0.15) is 5.69 Å². The van der Waals surface area contributed by atoms with Crippen molar-refractivity contribution in [2.75, 3.05) is 5.12 Å². The number of pyridine rings is 1. The first-order valence-electron chi connectivity index (χ1n) is 6.68. The normalized spacial score (nSPS) is 13.0. The molecule has 0 spiro atoms. The summed E-state index contributed by atoms with van der Waals surface area (Å²) in [6, 6.07) is 11.2. The van der Waals surface area contributed by atoms with Crippen LogP contribution in [-0.4, -0.2) is 25.6 Å². The highest BCUT2D eigenvalue weighted by Crippen LogP contribution is 2.27. The number of amides is 2. The summed E-state index contributed by atoms with van der Waals surface area (Å²) in [4.78, 5) is 27.7. The largest absolute Gasteiger partial charge is 0.465 e. The number of hydrogen-bond donors (Lipinski definition) is 2. The molecule has 2 N–H and O–H groups in total. The van der Waals surface area contributed by atoms with E-state index >= 15 is 0 Å². The van der Waals surface area contributed by atoms with E-state index in [1.807, 2.05) is 0 Å². The van der Waals surface area contributed by atoms with Gasteiger partial charge in [0.05, 0.1) is 5.69 Å². The van der Waals surface area contributed by atoms with E-state index in [9.17, 15) is 14.1 Å². The molecule has 0 bridgehead atoms. The molecule has 1 unspecified atom stereocenters. The Hall–Kier alpha value is -1.50. The molecule has 2 amide bonds. The summed E-state index contributed by atoms with van der Waals surface area (Å²) >= 11 is 3.66. The number of anilines is 1. The fraction of sp³-hybridized carbons (Fsp3) is 0.133. The minimum Gasteiger partial charge on any atom is -0.465 e. The van der Waals surface area contributed by atoms with Gasteiger partial charge in [-0.15, -0.1) is 5.12 Å². The topological polar surface area (TPSA) is 82.5 Å². The zero-order valence-electron chi connectivity index (χ0n) is 12.1. The minimum absolute atomic E-state index is 0.0228. The molecule has 6 nitrogen and oxygen atoms in total. The first kappa shape index (κ1) is 18.8. The molecule has 0 radical (unpaired) electrons. The summed E-state index contributed by atoms with van der Waals surface area (Å²) in [5.74, 6) is -1.03. The van der Waals surface area contributed by atoms with E-state index in [0.29, 0.717) is 5.69 Å². The van der Waals surface area contributed by atoms with Crippen LogP contribution in [0.25, 0.3) is 0 Å². The molecule has 24 heavy (non-hydrogen) atoms. The number of carboxylic acid groups (broad SMARTS) is 1. The third-order valence-corrected chi connectivity index (χ3v) is 4.86. The zero-order valence-corrected chi connectivity index (χ0v) is 16.4. The van der Waals surface area contributed by atoms with E-state index in [0.717, 1.165) is 3.57 Å². The maximum absolute atomic E-state index is 14.5. The summed E-state index contributed by atoms with van der Waals surface area (Å²) in [6.07, 6.45) is -0.00131. The average molecular weight is 555 g/mol. The van der Waals surface area contributed by atoms with Crippen LogP contribution in [-0.2, 0) is 11.2 Å². The van der Waals surface area contributed by atoms with Crippen LogP contribution in [0.4, 0.5) is 15.0 Å². The maximum Gasteiger partial charge on any atom is 0.406 e. The van der Waals surface area contributed by atoms with Gasteiger partial charge in [-0.05, 0) is 81.6 Å². The van der Waals surface area contributed by atoms with E-state index < -0.39 is 15.5 Å². The molecule has 0 aliphatic carbocycles. The van der Waals surface area contributed by atoms with Gasteiger partial charge in [0.2, 0.25) is 0 Å². The van der Waals surface area contributed by atoms with E-state index in [1.54, 1.807) is 52.9 Å². The summed E-state index contributed by atoms with van der Waals surface area (Å²) in [7, 11) is 0. The van der Waals surface area contributed by atoms with Crippen molar-refractivity contribution in [3.05, 3.63) is 57.9 Å². The van der Waals surface area contributed by atoms with Crippen LogP contribution in [0, 0.1) is 3.57 Å². The van der Waals surface area contributed by atoms with Crippen LogP contribution in [0.5, 0.6) is 0 Å². The average Bonchev–Trinajstić information content (AvgIpc) is 2.54. The molecular formula is C15H12FI2N3O3. The highest BCUT2D eigenvalue weighted by atomic mass is 127. The van der Waals surface area contributed by atoms with Gasteiger partial charge < -0.3 is 5.11 Å². The molecule has 1 atom stereocenters. The van der Waals surface area contributed by atoms with Crippen LogP contribution < -0.4 is 10.4 Å². The number of benzene rings is 1. The van der Waals surface area contributed by atoms with E-state index in [2.05, 4.69) is 32.9 Å². The molecule has 1 heterocycles. The van der Waals surface area contributed by atoms with Crippen molar-refractivity contribution in [1.82, 2.24) is 10.3 Å². The molecule has 9 heteroatoms. The third kappa shape index (κ3) is 4.75. The Bertz CT molecular complexity index is 731. The number of aromatic nitrogens is 1. The van der Waals surface area contributed by atoms with Crippen molar-refractivity contribution >= 4 is 62.9 Å². The fourth-order valence-corrected chi connectivity index (χ4v) is 3.13. The smallest absolute Gasteiger partial charge is 0.406 e. The number of carbonyl (C=O) groups excluding carboxylic acids is 1. The Kier molecular flexibility index (Phi) is 6.32. The van der Waals surface area contributed by atoms with Gasteiger partial charge in [0.25, 0.3) is 5.91 Å². The van der Waals surface area contributed by atoms with E-state index in [1.165, 1.54) is 18.3 Å². The number of halogens is 3. The Morgan fingerprint density at radius 3 is 2.46 bits per heavy atom. The molecule has 0 saturated heterocycles. The van der Waals surface area contributed by atoms with Crippen molar-refractivity contribution in [1.29, 1.82) is 0 Å². The van der Waals surface area contributed by atoms with Gasteiger partial charge in [0.15, 0.2) is 3.55 Å². The SMILES string of the molecule is O=C(O)NC(I)(Cc1ccccn1)C(=O)N(F)c1ccc(I)cc1. The van der Waals surface area contributed by atoms with Crippen LogP contribution in [0.15, 0.2) is 48.7 Å². The quantitative estimate of drug-likeness (QED) is 0.256. The van der Waals surface area contributed by atoms with E-state index in [4.69, 9.17) is 5.11 Å². The number of carbonyl (C=O) groups is 2. The molecule has 1 aromatic carbocycles. The minimum atomic E-state index is -1.73. The summed E-state index contributed by atoms with van der Waals surface area (Å²) < 4.78 is 13.7. The second kappa shape index (κ2) is 8.05. The fourth-order valence-electron chi connectivity index (χ4n) is 1.94. The number of nitrogens with one attached hydrogen (secondary N) is 1. The van der Waals surface area contributed by atoms with Crippen molar-refractivity contribution in [3.63, 3.8) is 0 Å². The van der Waals surface area contributed by atoms with Crippen LogP contribution >= 0.6 is 45.2 Å². The first-order valence-corrected chi connectivity index (χ1v) is 8.83. The molecule has 0 aliphatic heterocycles. The Balaban J connectivity index is 2.30. The lowest BCUT2D eigenvalue weighted by atomic mass is 10.1. The van der Waals surface area contributed by atoms with Crippen molar-refractivity contribution in [2.24, 2.45) is 0 Å². The zero-order chi connectivity index (χ0) is 17.7. The predicted octanol–water partition coefficient (Wildman–Crippen LogP) is 3.55. The maximum atomic E-state index is 14.5.